The topological polar surface area (TPSA) is 384 Å². The van der Waals surface area contributed by atoms with Gasteiger partial charge in [-0.25, -0.2) is 18.9 Å². The van der Waals surface area contributed by atoms with Crippen LogP contribution in [0, 0.1) is 0 Å². The minimum absolute atomic E-state index is 0. The Bertz CT molecular complexity index is 2730. The van der Waals surface area contributed by atoms with Gasteiger partial charge in [0.15, 0.2) is 5.78 Å². The van der Waals surface area contributed by atoms with E-state index in [0.717, 1.165) is 28.7 Å². The van der Waals surface area contributed by atoms with E-state index < -0.39 is 44.8 Å². The Morgan fingerprint density at radius 1 is 0.417 bits per heavy atom. The van der Waals surface area contributed by atoms with Crippen LogP contribution in [0.3, 0.4) is 0 Å². The third-order valence-electron chi connectivity index (χ3n) is 7.53. The molecule has 0 radical (unpaired) electrons. The maximum absolute atomic E-state index is 11.4. The van der Waals surface area contributed by atoms with Gasteiger partial charge in [-0.1, -0.05) is 95.5 Å². The number of esters is 3. The van der Waals surface area contributed by atoms with E-state index in [9.17, 15) is 66.9 Å². The van der Waals surface area contributed by atoms with Crippen molar-refractivity contribution < 1.29 is 313 Å². The molecule has 0 aliphatic rings. The third kappa shape index (κ3) is 52.7. The second-order valence-corrected chi connectivity index (χ2v) is 26.6. The molecule has 2 N–H and O–H groups in total. The average molecular weight is 1500 g/mol. The van der Waals surface area contributed by atoms with Crippen molar-refractivity contribution >= 4 is 176 Å². The van der Waals surface area contributed by atoms with Gasteiger partial charge >= 0.3 is 236 Å². The average Bonchev–Trinajstić information content (AvgIpc) is 3.33. The molecule has 4 rings (SSSR count). The number of ketones is 1. The second-order valence-electron chi connectivity index (χ2n) is 12.7. The first kappa shape index (κ1) is 109. The molecule has 0 aromatic heterocycles. The van der Waals surface area contributed by atoms with E-state index in [1.807, 2.05) is 0 Å². The predicted octanol–water partition coefficient (Wildman–Crippen LogP) is -10.5. The van der Waals surface area contributed by atoms with Crippen LogP contribution in [-0.4, -0.2) is 66.3 Å². The van der Waals surface area contributed by atoms with Crippen LogP contribution in [0.4, 0.5) is 0 Å². The summed E-state index contributed by atoms with van der Waals surface area (Å²) in [6, 6.07) is 22.7. The van der Waals surface area contributed by atoms with Gasteiger partial charge in [0.05, 0.1) is 48.4 Å². The van der Waals surface area contributed by atoms with Crippen molar-refractivity contribution in [3.8, 4) is 0 Å². The molecule has 4 aromatic carbocycles. The summed E-state index contributed by atoms with van der Waals surface area (Å²) in [6.45, 7) is 6.00. The van der Waals surface area contributed by atoms with Gasteiger partial charge in [-0.2, -0.15) is 0 Å². The van der Waals surface area contributed by atoms with Crippen molar-refractivity contribution in [3.63, 3.8) is 0 Å². The fourth-order valence-electron chi connectivity index (χ4n) is 4.59. The Kier molecular flexibility index (Phi) is 74.8. The zero-order valence-corrected chi connectivity index (χ0v) is 70.4. The molecule has 0 aliphatic heterocycles. The molecule has 0 saturated heterocycles. The van der Waals surface area contributed by atoms with Crippen LogP contribution in [0.25, 0.3) is 17.3 Å². The first-order chi connectivity index (χ1) is 34.8. The molecule has 0 heterocycles. The van der Waals surface area contributed by atoms with Crippen molar-refractivity contribution in [1.29, 1.82) is 0 Å². The molecule has 84 heavy (non-hydrogen) atoms. The molecule has 0 aliphatic carbocycles. The number of carbonyl (C=O) groups is 5. The molecular formula is C42H38Cl9Na7O22P4. The van der Waals surface area contributed by atoms with Gasteiger partial charge in [-0.05, 0) is 96.5 Å². The zero-order valence-electron chi connectivity index (χ0n) is 46.0. The normalized spacial score (nSPS) is 10.4. The van der Waals surface area contributed by atoms with E-state index in [2.05, 4.69) is 42.8 Å². The number of halogens is 9. The number of phosphoric ester groups is 2. The number of rotatable bonds is 18. The monoisotopic (exact) mass is 1490 g/mol. The molecule has 0 fully saturated rings. The number of Topliss-reactive ketones (excluding diaryl/α,β-unsaturated/α-hetero) is 1. The molecule has 0 amide bonds. The third-order valence-corrected chi connectivity index (χ3v) is 10.0. The number of phosphoric acid groups is 2. The molecule has 22 nitrogen and oxygen atoms in total. The summed E-state index contributed by atoms with van der Waals surface area (Å²) < 4.78 is 69.1. The maximum Gasteiger partial charge on any atom is 1.00 e. The largest absolute Gasteiger partial charge is 1.00 e. The van der Waals surface area contributed by atoms with Gasteiger partial charge in [-0.3, -0.25) is 9.36 Å². The van der Waals surface area contributed by atoms with Crippen LogP contribution in [0.2, 0.25) is 0 Å². The summed E-state index contributed by atoms with van der Waals surface area (Å²) in [5.74, 6) is -3.59. The van der Waals surface area contributed by atoms with Crippen LogP contribution in [0.1, 0.15) is 89.3 Å². The summed E-state index contributed by atoms with van der Waals surface area (Å²) in [6.07, 6.45) is -3.75. The summed E-state index contributed by atoms with van der Waals surface area (Å²) in [4.78, 5) is 97.5. The Hall–Kier alpha value is 3.34. The van der Waals surface area contributed by atoms with Crippen LogP contribution in [-0.2, 0) is 46.0 Å². The van der Waals surface area contributed by atoms with Crippen molar-refractivity contribution in [2.45, 2.75) is 20.8 Å². The Balaban J connectivity index is -0.000000102. The van der Waals surface area contributed by atoms with Gasteiger partial charge in [0.25, 0.3) is 0 Å². The number of carboxylic acids is 1. The van der Waals surface area contributed by atoms with E-state index in [1.54, 1.807) is 57.2 Å². The first-order valence-electron chi connectivity index (χ1n) is 19.7. The zero-order chi connectivity index (χ0) is 57.7. The van der Waals surface area contributed by atoms with E-state index in [-0.39, 0.29) is 288 Å². The summed E-state index contributed by atoms with van der Waals surface area (Å²) in [5.41, 5.74) is 4.99. The maximum atomic E-state index is 11.4. The Labute approximate surface area is 682 Å². The molecule has 4 aromatic rings. The van der Waals surface area contributed by atoms with Gasteiger partial charge in [0.2, 0.25) is 0 Å². The molecular weight excluding hydrogens is 1460 g/mol. The summed E-state index contributed by atoms with van der Waals surface area (Å²) in [7, 11) is -10.4. The van der Waals surface area contributed by atoms with Gasteiger partial charge in [0.1, 0.15) is 32.9 Å². The summed E-state index contributed by atoms with van der Waals surface area (Å²) >= 11 is 46.1. The second kappa shape index (κ2) is 57.8. The molecule has 428 valence electrons. The minimum Gasteiger partial charge on any atom is -0.870 e. The van der Waals surface area contributed by atoms with Crippen molar-refractivity contribution in [1.82, 2.24) is 0 Å². The Morgan fingerprint density at radius 3 is 0.798 bits per heavy atom. The van der Waals surface area contributed by atoms with Gasteiger partial charge < -0.3 is 77.3 Å². The molecule has 0 spiro atoms. The fourth-order valence-corrected chi connectivity index (χ4v) is 7.07. The van der Waals surface area contributed by atoms with Crippen LogP contribution < -0.4 is 232 Å². The Morgan fingerprint density at radius 2 is 0.619 bits per heavy atom. The molecule has 0 saturated carbocycles. The van der Waals surface area contributed by atoms with Crippen LogP contribution >= 0.6 is 130 Å². The number of ether oxygens (including phenoxy) is 3. The van der Waals surface area contributed by atoms with Crippen LogP contribution in [0.15, 0.2) is 114 Å². The number of hydrogen-bond donors (Lipinski definition) is 0. The number of benzene rings is 4. The van der Waals surface area contributed by atoms with E-state index in [1.165, 1.54) is 48.5 Å². The number of hydrogen-bond acceptors (Lipinski definition) is 22. The minimum atomic E-state index is -5.22. The van der Waals surface area contributed by atoms with E-state index >= 15 is 0 Å². The van der Waals surface area contributed by atoms with Crippen LogP contribution in [0.5, 0.6) is 0 Å². The number of alkyl halides is 1. The predicted molar refractivity (Wildman–Crippen MR) is 281 cm³/mol. The van der Waals surface area contributed by atoms with Gasteiger partial charge in [-0.15, -0.1) is 11.6 Å². The molecule has 0 unspecified atom stereocenters. The quantitative estimate of drug-likeness (QED) is 0.0170. The molecule has 0 atom stereocenters. The van der Waals surface area contributed by atoms with E-state index in [0.29, 0.717) is 28.9 Å². The van der Waals surface area contributed by atoms with Gasteiger partial charge in [0, 0.05) is 61.3 Å². The first-order valence-corrected chi connectivity index (χ1v) is 32.3. The smallest absolute Gasteiger partial charge is 0.870 e. The fraction of sp³-hybridized carbons (Fsp3) is 0.167. The molecule has 0 bridgehead atoms. The van der Waals surface area contributed by atoms with Crippen molar-refractivity contribution in [2.75, 3.05) is 25.7 Å². The number of carbonyl (C=O) groups excluding carboxylic acids is 5. The summed E-state index contributed by atoms with van der Waals surface area (Å²) in [5, 5.41) is 7.23. The number of aromatic carboxylic acids is 1. The standard InChI is InChI=1S/C11H10Cl3O4P.C11H12ClO6P.C11H11ClO3.C9H8ClO6P.Cl3OP.7Na.2H2O/c1-2-17-11(15)9-5-3-8(4-6-9)10(7-12)18-19(13,14)16;1-2-17-11(13)9-5-3-8(4-6-9)10(7-12)18-19(14,15)16;1-2-15-11(14)9-5-3-8(4-6-9)10(13)7-12;10-5-8(16-17(13,14)15)6-1-3-7(4-2-6)9(11)12;1-5(2,3)4;;;;;;;;;/h3-7H,2H2,1H3;3-7H,2H2,1H3,(H2,14,15,16);3-6H,2,7H2,1H3;1-5H,(H,11,12)(H2,13,14,15);;;;;;;;;2*1H2/q;;;;;7*+1;;/p-7/b2*10-7-;;8-5-;;;;;;;;;;. The SMILES string of the molecule is CCOC(=O)c1ccc(/C(=C/Cl)OP(=O)(Cl)Cl)cc1.CCOC(=O)c1ccc(/C(=C/Cl)OP(=O)([O-])[O-])cc1.CCOC(=O)c1ccc(C(=O)CCl)cc1.O=C([O-])c1ccc(/C(=C/Cl)OP(=O)([O-])[O-])cc1.O=P(Cl)(Cl)Cl.[Na+].[Na+].[Na+].[Na+].[Na+].[Na+].[Na+].[OH-].[OH-]. The molecule has 42 heteroatoms. The van der Waals surface area contributed by atoms with Crippen molar-refractivity contribution in [2.24, 2.45) is 0 Å². The van der Waals surface area contributed by atoms with E-state index in [4.69, 9.17) is 87.6 Å². The number of carboxylic acid groups (broad SMARTS) is 1. The van der Waals surface area contributed by atoms with Crippen molar-refractivity contribution in [3.05, 3.63) is 158 Å².